The molecule has 1 saturated carbocycles. The second-order valence-corrected chi connectivity index (χ2v) is 3.42. The highest BCUT2D eigenvalue weighted by atomic mass is 14.3. The van der Waals surface area contributed by atoms with Gasteiger partial charge in [0.15, 0.2) is 0 Å². The van der Waals surface area contributed by atoms with Crippen LogP contribution in [0.2, 0.25) is 0 Å². The van der Waals surface area contributed by atoms with Gasteiger partial charge in [0, 0.05) is 5.92 Å². The SMILES string of the molecule is CC(C#N)CC1CCCC1. The molecule has 0 N–H and O–H groups in total. The largest absolute Gasteiger partial charge is 0.198 e. The van der Waals surface area contributed by atoms with Crippen molar-refractivity contribution in [3.8, 4) is 6.07 Å². The van der Waals surface area contributed by atoms with Crippen molar-refractivity contribution in [2.45, 2.75) is 39.0 Å². The molecule has 0 aliphatic heterocycles. The van der Waals surface area contributed by atoms with Gasteiger partial charge in [0.05, 0.1) is 6.07 Å². The molecule has 0 heterocycles. The molecule has 0 aromatic heterocycles. The van der Waals surface area contributed by atoms with Crippen LogP contribution in [0.15, 0.2) is 0 Å². The molecule has 1 aliphatic carbocycles. The summed E-state index contributed by atoms with van der Waals surface area (Å²) in [7, 11) is 0. The number of hydrogen-bond donors (Lipinski definition) is 0. The van der Waals surface area contributed by atoms with Crippen LogP contribution in [0.4, 0.5) is 0 Å². The average molecular weight is 137 g/mol. The molecule has 0 aromatic rings. The molecule has 0 radical (unpaired) electrons. The lowest BCUT2D eigenvalue weighted by Gasteiger charge is -2.08. The fourth-order valence-corrected chi connectivity index (χ4v) is 1.80. The van der Waals surface area contributed by atoms with Crippen molar-refractivity contribution in [3.63, 3.8) is 0 Å². The van der Waals surface area contributed by atoms with Gasteiger partial charge in [-0.25, -0.2) is 0 Å². The summed E-state index contributed by atoms with van der Waals surface area (Å²) in [6.07, 6.45) is 6.65. The molecule has 1 nitrogen and oxygen atoms in total. The van der Waals surface area contributed by atoms with Crippen LogP contribution in [0.25, 0.3) is 0 Å². The second kappa shape index (κ2) is 3.61. The molecule has 0 aromatic carbocycles. The van der Waals surface area contributed by atoms with E-state index in [1.165, 1.54) is 25.7 Å². The van der Waals surface area contributed by atoms with E-state index in [-0.39, 0.29) is 5.92 Å². The predicted octanol–water partition coefficient (Wildman–Crippen LogP) is 2.73. The first-order valence-electron chi connectivity index (χ1n) is 4.22. The molecule has 0 bridgehead atoms. The summed E-state index contributed by atoms with van der Waals surface area (Å²) in [6.45, 7) is 2.03. The number of nitriles is 1. The Bertz CT molecular complexity index is 128. The summed E-state index contributed by atoms with van der Waals surface area (Å²) in [5.41, 5.74) is 0. The molecule has 0 spiro atoms. The summed E-state index contributed by atoms with van der Waals surface area (Å²) in [4.78, 5) is 0. The molecule has 56 valence electrons. The highest BCUT2D eigenvalue weighted by Crippen LogP contribution is 2.29. The lowest BCUT2D eigenvalue weighted by Crippen LogP contribution is -1.99. The van der Waals surface area contributed by atoms with Gasteiger partial charge in [0.25, 0.3) is 0 Å². The van der Waals surface area contributed by atoms with Crippen molar-refractivity contribution in [1.29, 1.82) is 5.26 Å². The third-order valence-corrected chi connectivity index (χ3v) is 2.38. The van der Waals surface area contributed by atoms with Crippen molar-refractivity contribution >= 4 is 0 Å². The van der Waals surface area contributed by atoms with Gasteiger partial charge in [0.1, 0.15) is 0 Å². The van der Waals surface area contributed by atoms with Crippen molar-refractivity contribution in [2.24, 2.45) is 11.8 Å². The van der Waals surface area contributed by atoms with Gasteiger partial charge in [-0.2, -0.15) is 5.26 Å². The Morgan fingerprint density at radius 1 is 1.50 bits per heavy atom. The van der Waals surface area contributed by atoms with E-state index in [1.54, 1.807) is 0 Å². The minimum Gasteiger partial charge on any atom is -0.198 e. The first kappa shape index (κ1) is 7.60. The van der Waals surface area contributed by atoms with E-state index < -0.39 is 0 Å². The van der Waals surface area contributed by atoms with E-state index in [0.717, 1.165) is 12.3 Å². The first-order chi connectivity index (χ1) is 4.83. The molecule has 1 atom stereocenters. The average Bonchev–Trinajstić information content (AvgIpc) is 2.40. The topological polar surface area (TPSA) is 23.8 Å². The van der Waals surface area contributed by atoms with E-state index >= 15 is 0 Å². The molecular formula is C9H15N. The lowest BCUT2D eigenvalue weighted by molar-refractivity contribution is 0.449. The minimum absolute atomic E-state index is 0.281. The van der Waals surface area contributed by atoms with Gasteiger partial charge in [-0.15, -0.1) is 0 Å². The molecule has 1 fully saturated rings. The minimum atomic E-state index is 0.281. The lowest BCUT2D eigenvalue weighted by atomic mass is 9.96. The maximum Gasteiger partial charge on any atom is 0.0652 e. The highest BCUT2D eigenvalue weighted by Gasteiger charge is 2.16. The Morgan fingerprint density at radius 2 is 2.10 bits per heavy atom. The fourth-order valence-electron chi connectivity index (χ4n) is 1.80. The zero-order valence-electron chi connectivity index (χ0n) is 6.64. The van der Waals surface area contributed by atoms with Gasteiger partial charge in [-0.05, 0) is 19.3 Å². The van der Waals surface area contributed by atoms with Gasteiger partial charge >= 0.3 is 0 Å². The van der Waals surface area contributed by atoms with Crippen LogP contribution in [-0.4, -0.2) is 0 Å². The van der Waals surface area contributed by atoms with Crippen LogP contribution < -0.4 is 0 Å². The van der Waals surface area contributed by atoms with E-state index in [1.807, 2.05) is 6.92 Å². The van der Waals surface area contributed by atoms with Crippen LogP contribution in [-0.2, 0) is 0 Å². The van der Waals surface area contributed by atoms with E-state index in [9.17, 15) is 0 Å². The molecule has 1 rings (SSSR count). The van der Waals surface area contributed by atoms with Crippen LogP contribution in [0.5, 0.6) is 0 Å². The molecule has 1 aliphatic rings. The van der Waals surface area contributed by atoms with Crippen LogP contribution in [0.1, 0.15) is 39.0 Å². The summed E-state index contributed by atoms with van der Waals surface area (Å²) in [6, 6.07) is 2.29. The Labute approximate surface area is 63.0 Å². The molecule has 0 saturated heterocycles. The van der Waals surface area contributed by atoms with Crippen LogP contribution in [0.3, 0.4) is 0 Å². The standard InChI is InChI=1S/C9H15N/c1-8(7-10)6-9-4-2-3-5-9/h8-9H,2-6H2,1H3. The van der Waals surface area contributed by atoms with Gasteiger partial charge in [0.2, 0.25) is 0 Å². The monoisotopic (exact) mass is 137 g/mol. The Morgan fingerprint density at radius 3 is 2.60 bits per heavy atom. The Kier molecular flexibility index (Phi) is 2.74. The number of rotatable bonds is 2. The summed E-state index contributed by atoms with van der Waals surface area (Å²) in [5.74, 6) is 1.15. The Balaban J connectivity index is 2.19. The normalized spacial score (nSPS) is 22.4. The molecule has 1 heteroatoms. The van der Waals surface area contributed by atoms with Crippen molar-refractivity contribution in [3.05, 3.63) is 0 Å². The maximum atomic E-state index is 8.55. The smallest absolute Gasteiger partial charge is 0.0652 e. The van der Waals surface area contributed by atoms with Gasteiger partial charge in [-0.1, -0.05) is 25.7 Å². The van der Waals surface area contributed by atoms with E-state index in [0.29, 0.717) is 0 Å². The molecule has 10 heavy (non-hydrogen) atoms. The quantitative estimate of drug-likeness (QED) is 0.574. The predicted molar refractivity (Wildman–Crippen MR) is 41.4 cm³/mol. The zero-order valence-corrected chi connectivity index (χ0v) is 6.64. The molecule has 1 unspecified atom stereocenters. The summed E-state index contributed by atoms with van der Waals surface area (Å²) < 4.78 is 0. The number of hydrogen-bond acceptors (Lipinski definition) is 1. The second-order valence-electron chi connectivity index (χ2n) is 3.42. The van der Waals surface area contributed by atoms with Crippen LogP contribution >= 0.6 is 0 Å². The third-order valence-electron chi connectivity index (χ3n) is 2.38. The van der Waals surface area contributed by atoms with Crippen molar-refractivity contribution in [2.75, 3.05) is 0 Å². The van der Waals surface area contributed by atoms with E-state index in [4.69, 9.17) is 5.26 Å². The number of nitrogens with zero attached hydrogens (tertiary/aromatic N) is 1. The Hall–Kier alpha value is -0.510. The zero-order chi connectivity index (χ0) is 7.40. The summed E-state index contributed by atoms with van der Waals surface area (Å²) >= 11 is 0. The van der Waals surface area contributed by atoms with Crippen molar-refractivity contribution in [1.82, 2.24) is 0 Å². The van der Waals surface area contributed by atoms with Gasteiger partial charge in [-0.3, -0.25) is 0 Å². The molecule has 0 amide bonds. The van der Waals surface area contributed by atoms with Crippen LogP contribution in [0, 0.1) is 23.2 Å². The van der Waals surface area contributed by atoms with E-state index in [2.05, 4.69) is 6.07 Å². The van der Waals surface area contributed by atoms with Gasteiger partial charge < -0.3 is 0 Å². The maximum absolute atomic E-state index is 8.55. The third kappa shape index (κ3) is 2.02. The molecular weight excluding hydrogens is 122 g/mol. The highest BCUT2D eigenvalue weighted by molar-refractivity contribution is 4.82. The fraction of sp³-hybridized carbons (Fsp3) is 0.889. The summed E-state index contributed by atoms with van der Waals surface area (Å²) in [5, 5.41) is 8.55. The van der Waals surface area contributed by atoms with Crippen molar-refractivity contribution < 1.29 is 0 Å². The first-order valence-corrected chi connectivity index (χ1v) is 4.22.